The Morgan fingerprint density at radius 1 is 0.722 bits per heavy atom. The Bertz CT molecular complexity index is 743. The van der Waals surface area contributed by atoms with Gasteiger partial charge in [-0.2, -0.15) is 0 Å². The maximum atomic E-state index is 6.09. The SMILES string of the molecule is c1ccc2c(c1)Cc1ccc3ccccc3c1O2. The van der Waals surface area contributed by atoms with Crippen LogP contribution in [-0.4, -0.2) is 0 Å². The summed E-state index contributed by atoms with van der Waals surface area (Å²) < 4.78 is 6.09. The molecular formula is C17H12O. The van der Waals surface area contributed by atoms with Gasteiger partial charge in [0.2, 0.25) is 0 Å². The van der Waals surface area contributed by atoms with E-state index in [1.165, 1.54) is 21.9 Å². The number of hydrogen-bond acceptors (Lipinski definition) is 1. The van der Waals surface area contributed by atoms with Crippen LogP contribution < -0.4 is 4.74 Å². The van der Waals surface area contributed by atoms with Crippen molar-refractivity contribution in [2.24, 2.45) is 0 Å². The van der Waals surface area contributed by atoms with Gasteiger partial charge in [-0.3, -0.25) is 0 Å². The molecule has 3 aromatic carbocycles. The van der Waals surface area contributed by atoms with E-state index in [9.17, 15) is 0 Å². The molecule has 0 radical (unpaired) electrons. The van der Waals surface area contributed by atoms with Crippen LogP contribution in [0, 0.1) is 0 Å². The lowest BCUT2D eigenvalue weighted by molar-refractivity contribution is 0.466. The van der Waals surface area contributed by atoms with Crippen molar-refractivity contribution in [1.82, 2.24) is 0 Å². The Hall–Kier alpha value is -2.28. The van der Waals surface area contributed by atoms with Gasteiger partial charge in [-0.15, -0.1) is 0 Å². The zero-order valence-corrected chi connectivity index (χ0v) is 9.89. The van der Waals surface area contributed by atoms with Crippen molar-refractivity contribution in [1.29, 1.82) is 0 Å². The van der Waals surface area contributed by atoms with Crippen molar-refractivity contribution < 1.29 is 4.74 Å². The van der Waals surface area contributed by atoms with E-state index < -0.39 is 0 Å². The van der Waals surface area contributed by atoms with Crippen molar-refractivity contribution in [3.8, 4) is 11.5 Å². The fraction of sp³-hybridized carbons (Fsp3) is 0.0588. The summed E-state index contributed by atoms with van der Waals surface area (Å²) >= 11 is 0. The normalized spacial score (nSPS) is 12.7. The molecule has 18 heavy (non-hydrogen) atoms. The summed E-state index contributed by atoms with van der Waals surface area (Å²) in [4.78, 5) is 0. The second-order valence-electron chi connectivity index (χ2n) is 4.66. The van der Waals surface area contributed by atoms with Crippen LogP contribution in [0.15, 0.2) is 60.7 Å². The quantitative estimate of drug-likeness (QED) is 0.432. The van der Waals surface area contributed by atoms with Crippen LogP contribution in [0.1, 0.15) is 11.1 Å². The Morgan fingerprint density at radius 3 is 2.56 bits per heavy atom. The summed E-state index contributed by atoms with van der Waals surface area (Å²) in [7, 11) is 0. The second kappa shape index (κ2) is 3.61. The predicted molar refractivity (Wildman–Crippen MR) is 73.3 cm³/mol. The molecule has 1 heteroatoms. The Labute approximate surface area is 106 Å². The van der Waals surface area contributed by atoms with E-state index in [0.717, 1.165) is 17.9 Å². The first-order valence-electron chi connectivity index (χ1n) is 6.18. The van der Waals surface area contributed by atoms with Gasteiger partial charge in [-0.25, -0.2) is 0 Å². The summed E-state index contributed by atoms with van der Waals surface area (Å²) in [5.41, 5.74) is 2.53. The molecule has 4 rings (SSSR count). The summed E-state index contributed by atoms with van der Waals surface area (Å²) in [6.45, 7) is 0. The second-order valence-corrected chi connectivity index (χ2v) is 4.66. The monoisotopic (exact) mass is 232 g/mol. The minimum absolute atomic E-state index is 0.955. The lowest BCUT2D eigenvalue weighted by Crippen LogP contribution is -2.03. The average Bonchev–Trinajstić information content (AvgIpc) is 2.45. The highest BCUT2D eigenvalue weighted by Gasteiger charge is 2.18. The lowest BCUT2D eigenvalue weighted by atomic mass is 9.97. The highest BCUT2D eigenvalue weighted by Crippen LogP contribution is 2.40. The molecule has 0 saturated heterocycles. The smallest absolute Gasteiger partial charge is 0.138 e. The molecule has 0 aliphatic carbocycles. The topological polar surface area (TPSA) is 9.23 Å². The zero-order valence-electron chi connectivity index (χ0n) is 9.89. The molecule has 0 spiro atoms. The average molecular weight is 232 g/mol. The van der Waals surface area contributed by atoms with Gasteiger partial charge in [-0.1, -0.05) is 54.6 Å². The number of benzene rings is 3. The Balaban J connectivity index is 1.98. The van der Waals surface area contributed by atoms with Gasteiger partial charge in [0.15, 0.2) is 0 Å². The number of fused-ring (bicyclic) bond motifs is 4. The van der Waals surface area contributed by atoms with E-state index in [1.807, 2.05) is 12.1 Å². The molecule has 0 unspecified atom stereocenters. The van der Waals surface area contributed by atoms with Gasteiger partial charge in [0, 0.05) is 11.8 Å². The van der Waals surface area contributed by atoms with Crippen molar-refractivity contribution in [3.63, 3.8) is 0 Å². The minimum atomic E-state index is 0.955. The molecule has 0 N–H and O–H groups in total. The first-order chi connectivity index (χ1) is 8.92. The van der Waals surface area contributed by atoms with Gasteiger partial charge in [0.1, 0.15) is 11.5 Å². The third-order valence-electron chi connectivity index (χ3n) is 3.53. The molecule has 0 atom stereocenters. The van der Waals surface area contributed by atoms with E-state index in [4.69, 9.17) is 4.74 Å². The molecule has 1 aliphatic rings. The maximum absolute atomic E-state index is 6.09. The first kappa shape index (κ1) is 9.72. The number of hydrogen-bond donors (Lipinski definition) is 0. The van der Waals surface area contributed by atoms with Gasteiger partial charge in [0.05, 0.1) is 0 Å². The molecule has 1 heterocycles. The Kier molecular flexibility index (Phi) is 1.95. The van der Waals surface area contributed by atoms with Crippen molar-refractivity contribution >= 4 is 10.8 Å². The first-order valence-corrected chi connectivity index (χ1v) is 6.18. The maximum Gasteiger partial charge on any atom is 0.138 e. The van der Waals surface area contributed by atoms with E-state index in [2.05, 4.69) is 48.5 Å². The standard InChI is InChI=1S/C17H12O/c1-3-7-15-12(5-1)9-10-14-11-13-6-2-4-8-16(13)18-17(14)15/h1-10H,11H2. The fourth-order valence-corrected chi connectivity index (χ4v) is 2.61. The molecule has 1 aliphatic heterocycles. The highest BCUT2D eigenvalue weighted by molar-refractivity contribution is 5.90. The molecule has 3 aromatic rings. The van der Waals surface area contributed by atoms with Crippen LogP contribution in [0.5, 0.6) is 11.5 Å². The zero-order chi connectivity index (χ0) is 11.9. The predicted octanol–water partition coefficient (Wildman–Crippen LogP) is 4.54. The summed E-state index contributed by atoms with van der Waals surface area (Å²) in [5.74, 6) is 2.01. The lowest BCUT2D eigenvalue weighted by Gasteiger charge is -2.21. The van der Waals surface area contributed by atoms with E-state index >= 15 is 0 Å². The third-order valence-corrected chi connectivity index (χ3v) is 3.53. The van der Waals surface area contributed by atoms with Crippen LogP contribution in [0.4, 0.5) is 0 Å². The van der Waals surface area contributed by atoms with Gasteiger partial charge < -0.3 is 4.74 Å². The van der Waals surface area contributed by atoms with Crippen molar-refractivity contribution in [2.75, 3.05) is 0 Å². The molecular weight excluding hydrogens is 220 g/mol. The summed E-state index contributed by atoms with van der Waals surface area (Å²) in [6, 6.07) is 21.0. The van der Waals surface area contributed by atoms with Crippen LogP contribution >= 0.6 is 0 Å². The molecule has 86 valence electrons. The van der Waals surface area contributed by atoms with Crippen LogP contribution in [-0.2, 0) is 6.42 Å². The van der Waals surface area contributed by atoms with Crippen LogP contribution in [0.25, 0.3) is 10.8 Å². The Morgan fingerprint density at radius 2 is 1.56 bits per heavy atom. The van der Waals surface area contributed by atoms with Crippen LogP contribution in [0.2, 0.25) is 0 Å². The third kappa shape index (κ3) is 1.34. The van der Waals surface area contributed by atoms with E-state index in [0.29, 0.717) is 0 Å². The number of rotatable bonds is 0. The molecule has 1 nitrogen and oxygen atoms in total. The summed E-state index contributed by atoms with van der Waals surface area (Å²) in [5, 5.41) is 2.43. The molecule has 0 aromatic heterocycles. The minimum Gasteiger partial charge on any atom is -0.456 e. The number of para-hydroxylation sites is 1. The fourth-order valence-electron chi connectivity index (χ4n) is 2.61. The molecule has 0 amide bonds. The molecule has 0 bridgehead atoms. The molecule has 0 fully saturated rings. The van der Waals surface area contributed by atoms with E-state index in [-0.39, 0.29) is 0 Å². The van der Waals surface area contributed by atoms with Crippen molar-refractivity contribution in [2.45, 2.75) is 6.42 Å². The number of ether oxygens (including phenoxy) is 1. The largest absolute Gasteiger partial charge is 0.456 e. The van der Waals surface area contributed by atoms with Gasteiger partial charge in [0.25, 0.3) is 0 Å². The highest BCUT2D eigenvalue weighted by atomic mass is 16.5. The van der Waals surface area contributed by atoms with Crippen molar-refractivity contribution in [3.05, 3.63) is 71.8 Å². The van der Waals surface area contributed by atoms with Gasteiger partial charge in [-0.05, 0) is 22.6 Å². The van der Waals surface area contributed by atoms with Crippen LogP contribution in [0.3, 0.4) is 0 Å². The van der Waals surface area contributed by atoms with Gasteiger partial charge >= 0.3 is 0 Å². The summed E-state index contributed by atoms with van der Waals surface area (Å²) in [6.07, 6.45) is 0.955. The van der Waals surface area contributed by atoms with E-state index in [1.54, 1.807) is 0 Å². The molecule has 0 saturated carbocycles.